The summed E-state index contributed by atoms with van der Waals surface area (Å²) >= 11 is 0. The maximum Gasteiger partial charge on any atom is 0.416 e. The van der Waals surface area contributed by atoms with Gasteiger partial charge >= 0.3 is 12.1 Å². The zero-order valence-corrected chi connectivity index (χ0v) is 11.1. The summed E-state index contributed by atoms with van der Waals surface area (Å²) in [7, 11) is -3.94. The molecule has 9 heteroatoms. The number of nitrogens with one attached hydrogen (secondary N) is 1. The van der Waals surface area contributed by atoms with Crippen LogP contribution in [0.5, 0.6) is 0 Å². The van der Waals surface area contributed by atoms with E-state index in [-0.39, 0.29) is 5.56 Å². The summed E-state index contributed by atoms with van der Waals surface area (Å²) in [4.78, 5) is 10.5. The highest BCUT2D eigenvalue weighted by Crippen LogP contribution is 2.29. The van der Waals surface area contributed by atoms with Crippen molar-refractivity contribution in [2.24, 2.45) is 0 Å². The van der Waals surface area contributed by atoms with Crippen LogP contribution >= 0.6 is 0 Å². The average molecular weight is 311 g/mol. The van der Waals surface area contributed by atoms with Crippen LogP contribution in [0, 0.1) is 0 Å². The standard InChI is InChI=1S/C11H12F3NO4S/c1-7(10(16)17)15-20(18,19)6-8-2-4-9(5-3-8)11(12,13)14/h2-5,7,15H,6H2,1H3,(H,16,17). The number of alkyl halides is 3. The van der Waals surface area contributed by atoms with Gasteiger partial charge in [-0.15, -0.1) is 0 Å². The molecule has 1 atom stereocenters. The summed E-state index contributed by atoms with van der Waals surface area (Å²) in [5, 5.41) is 8.59. The molecule has 112 valence electrons. The smallest absolute Gasteiger partial charge is 0.416 e. The molecular formula is C11H12F3NO4S. The molecule has 5 nitrogen and oxygen atoms in total. The lowest BCUT2D eigenvalue weighted by Crippen LogP contribution is -2.38. The van der Waals surface area contributed by atoms with Gasteiger partial charge in [0, 0.05) is 0 Å². The molecule has 0 spiro atoms. The third-order valence-corrected chi connectivity index (χ3v) is 3.79. The highest BCUT2D eigenvalue weighted by atomic mass is 32.2. The fourth-order valence-corrected chi connectivity index (χ4v) is 2.72. The minimum absolute atomic E-state index is 0.128. The Morgan fingerprint density at radius 2 is 1.80 bits per heavy atom. The van der Waals surface area contributed by atoms with Crippen LogP contribution < -0.4 is 4.72 Å². The highest BCUT2D eigenvalue weighted by molar-refractivity contribution is 7.88. The first-order valence-electron chi connectivity index (χ1n) is 5.40. The van der Waals surface area contributed by atoms with Gasteiger partial charge in [-0.05, 0) is 24.6 Å². The van der Waals surface area contributed by atoms with E-state index < -0.39 is 39.5 Å². The Morgan fingerprint density at radius 1 is 1.30 bits per heavy atom. The molecule has 1 unspecified atom stereocenters. The number of carboxylic acids is 1. The third-order valence-electron chi connectivity index (χ3n) is 2.36. The van der Waals surface area contributed by atoms with Crippen LogP contribution in [0.25, 0.3) is 0 Å². The summed E-state index contributed by atoms with van der Waals surface area (Å²) in [6.45, 7) is 1.15. The van der Waals surface area contributed by atoms with Crippen molar-refractivity contribution in [2.45, 2.75) is 24.9 Å². The Kier molecular flexibility index (Phi) is 4.77. The Balaban J connectivity index is 2.81. The predicted molar refractivity (Wildman–Crippen MR) is 64.3 cm³/mol. The van der Waals surface area contributed by atoms with Gasteiger partial charge in [0.25, 0.3) is 0 Å². The monoisotopic (exact) mass is 311 g/mol. The molecule has 1 aromatic rings. The molecule has 0 aliphatic rings. The van der Waals surface area contributed by atoms with E-state index in [1.807, 2.05) is 4.72 Å². The van der Waals surface area contributed by atoms with Crippen molar-refractivity contribution in [3.8, 4) is 0 Å². The summed E-state index contributed by atoms with van der Waals surface area (Å²) in [5.41, 5.74) is -0.756. The molecule has 2 N–H and O–H groups in total. The van der Waals surface area contributed by atoms with E-state index in [9.17, 15) is 26.4 Å². The Bertz CT molecular complexity index is 581. The largest absolute Gasteiger partial charge is 0.480 e. The second-order valence-corrected chi connectivity index (χ2v) is 5.89. The first-order chi connectivity index (χ1) is 9.01. The number of rotatable bonds is 5. The normalized spacial score (nSPS) is 14.0. The lowest BCUT2D eigenvalue weighted by Gasteiger charge is -2.11. The minimum atomic E-state index is -4.49. The molecule has 0 heterocycles. The second-order valence-electron chi connectivity index (χ2n) is 4.13. The van der Waals surface area contributed by atoms with Crippen LogP contribution in [-0.2, 0) is 26.7 Å². The number of aliphatic carboxylic acids is 1. The lowest BCUT2D eigenvalue weighted by molar-refractivity contribution is -0.139. The van der Waals surface area contributed by atoms with Gasteiger partial charge in [-0.1, -0.05) is 12.1 Å². The van der Waals surface area contributed by atoms with Gasteiger partial charge < -0.3 is 5.11 Å². The van der Waals surface area contributed by atoms with Gasteiger partial charge in [-0.25, -0.2) is 13.1 Å². The molecule has 0 bridgehead atoms. The Morgan fingerprint density at radius 3 is 2.20 bits per heavy atom. The van der Waals surface area contributed by atoms with Crippen molar-refractivity contribution < 1.29 is 31.5 Å². The third kappa shape index (κ3) is 4.82. The number of sulfonamides is 1. The Labute approximate surface area is 113 Å². The molecular weight excluding hydrogens is 299 g/mol. The Hall–Kier alpha value is -1.61. The topological polar surface area (TPSA) is 83.5 Å². The van der Waals surface area contributed by atoms with E-state index in [1.54, 1.807) is 0 Å². The second kappa shape index (κ2) is 5.80. The lowest BCUT2D eigenvalue weighted by atomic mass is 10.1. The zero-order chi connectivity index (χ0) is 15.6. The molecule has 0 amide bonds. The summed E-state index contributed by atoms with van der Waals surface area (Å²) in [5.74, 6) is -1.94. The van der Waals surface area contributed by atoms with Crippen LogP contribution in [0.1, 0.15) is 18.1 Å². The summed E-state index contributed by atoms with van der Waals surface area (Å²) in [6.07, 6.45) is -4.49. The number of hydrogen-bond donors (Lipinski definition) is 2. The van der Waals surface area contributed by atoms with Crippen LogP contribution in [-0.4, -0.2) is 25.5 Å². The van der Waals surface area contributed by atoms with Crippen LogP contribution in [0.3, 0.4) is 0 Å². The van der Waals surface area contributed by atoms with Gasteiger partial charge in [0.05, 0.1) is 11.3 Å². The van der Waals surface area contributed by atoms with E-state index in [0.29, 0.717) is 0 Å². The molecule has 0 aromatic heterocycles. The van der Waals surface area contributed by atoms with Crippen molar-refractivity contribution in [2.75, 3.05) is 0 Å². The number of halogens is 3. The fourth-order valence-electron chi connectivity index (χ4n) is 1.37. The van der Waals surface area contributed by atoms with E-state index in [0.717, 1.165) is 31.2 Å². The van der Waals surface area contributed by atoms with E-state index in [2.05, 4.69) is 0 Å². The maximum absolute atomic E-state index is 12.3. The first kappa shape index (κ1) is 16.4. The van der Waals surface area contributed by atoms with Crippen molar-refractivity contribution >= 4 is 16.0 Å². The quantitative estimate of drug-likeness (QED) is 0.865. The fraction of sp³-hybridized carbons (Fsp3) is 0.364. The molecule has 20 heavy (non-hydrogen) atoms. The van der Waals surface area contributed by atoms with E-state index in [1.165, 1.54) is 0 Å². The van der Waals surface area contributed by atoms with E-state index >= 15 is 0 Å². The van der Waals surface area contributed by atoms with Gasteiger partial charge in [0.2, 0.25) is 10.0 Å². The van der Waals surface area contributed by atoms with E-state index in [4.69, 9.17) is 5.11 Å². The van der Waals surface area contributed by atoms with Crippen LogP contribution in [0.15, 0.2) is 24.3 Å². The molecule has 1 aromatic carbocycles. The maximum atomic E-state index is 12.3. The molecule has 0 aliphatic carbocycles. The molecule has 0 saturated carbocycles. The number of carbonyl (C=O) groups is 1. The molecule has 0 aliphatic heterocycles. The SMILES string of the molecule is CC(NS(=O)(=O)Cc1ccc(C(F)(F)F)cc1)C(=O)O. The molecule has 0 radical (unpaired) electrons. The predicted octanol–water partition coefficient (Wildman–Crippen LogP) is 1.60. The van der Waals surface area contributed by atoms with Crippen molar-refractivity contribution in [3.05, 3.63) is 35.4 Å². The number of benzene rings is 1. The van der Waals surface area contributed by atoms with Crippen LogP contribution in [0.2, 0.25) is 0 Å². The minimum Gasteiger partial charge on any atom is -0.480 e. The van der Waals surface area contributed by atoms with Crippen molar-refractivity contribution in [1.29, 1.82) is 0 Å². The van der Waals surface area contributed by atoms with Gasteiger partial charge in [-0.3, -0.25) is 4.79 Å². The molecule has 1 rings (SSSR count). The van der Waals surface area contributed by atoms with Crippen molar-refractivity contribution in [1.82, 2.24) is 4.72 Å². The van der Waals surface area contributed by atoms with Crippen molar-refractivity contribution in [3.63, 3.8) is 0 Å². The van der Waals surface area contributed by atoms with Crippen LogP contribution in [0.4, 0.5) is 13.2 Å². The first-order valence-corrected chi connectivity index (χ1v) is 7.05. The molecule has 0 fully saturated rings. The summed E-state index contributed by atoms with van der Waals surface area (Å²) in [6, 6.07) is 2.30. The highest BCUT2D eigenvalue weighted by Gasteiger charge is 2.30. The van der Waals surface area contributed by atoms with Gasteiger partial charge in [-0.2, -0.15) is 13.2 Å². The van der Waals surface area contributed by atoms with Gasteiger partial charge in [0.1, 0.15) is 6.04 Å². The molecule has 0 saturated heterocycles. The average Bonchev–Trinajstić information content (AvgIpc) is 2.26. The number of hydrogen-bond acceptors (Lipinski definition) is 3. The van der Waals surface area contributed by atoms with Gasteiger partial charge in [0.15, 0.2) is 0 Å². The summed E-state index contributed by atoms with van der Waals surface area (Å²) < 4.78 is 62.1. The number of carboxylic acid groups (broad SMARTS) is 1. The zero-order valence-electron chi connectivity index (χ0n) is 10.3.